The maximum absolute atomic E-state index is 13.8. The predicted molar refractivity (Wildman–Crippen MR) is 65.0 cm³/mol. The highest BCUT2D eigenvalue weighted by atomic mass is 35.5. The SMILES string of the molecule is Nc1ncnc2c1nc(Cl)n2C1C(F)=CC(O)C1O. The molecule has 9 heteroatoms. The molecule has 1 aliphatic rings. The summed E-state index contributed by atoms with van der Waals surface area (Å²) in [6.45, 7) is 0. The van der Waals surface area contributed by atoms with E-state index in [9.17, 15) is 14.6 Å². The van der Waals surface area contributed by atoms with E-state index < -0.39 is 24.1 Å². The first-order valence-corrected chi connectivity index (χ1v) is 5.75. The lowest BCUT2D eigenvalue weighted by Gasteiger charge is -2.19. The highest BCUT2D eigenvalue weighted by molar-refractivity contribution is 6.29. The zero-order valence-electron chi connectivity index (χ0n) is 9.40. The van der Waals surface area contributed by atoms with Gasteiger partial charge in [-0.15, -0.1) is 0 Å². The summed E-state index contributed by atoms with van der Waals surface area (Å²) in [5.41, 5.74) is 6.04. The molecule has 100 valence electrons. The van der Waals surface area contributed by atoms with Crippen LogP contribution >= 0.6 is 11.6 Å². The third-order valence-corrected chi connectivity index (χ3v) is 3.29. The van der Waals surface area contributed by atoms with Gasteiger partial charge in [0.25, 0.3) is 0 Å². The van der Waals surface area contributed by atoms with Crippen LogP contribution in [0.5, 0.6) is 0 Å². The first-order chi connectivity index (χ1) is 9.00. The number of nitrogens with two attached hydrogens (primary N) is 1. The van der Waals surface area contributed by atoms with Gasteiger partial charge in [0.2, 0.25) is 5.28 Å². The van der Waals surface area contributed by atoms with E-state index in [-0.39, 0.29) is 22.3 Å². The molecule has 2 aromatic heterocycles. The molecule has 0 saturated heterocycles. The molecule has 0 aromatic carbocycles. The van der Waals surface area contributed by atoms with Crippen LogP contribution in [-0.2, 0) is 0 Å². The van der Waals surface area contributed by atoms with Gasteiger partial charge >= 0.3 is 0 Å². The summed E-state index contributed by atoms with van der Waals surface area (Å²) in [6, 6.07) is -1.18. The second-order valence-electron chi connectivity index (χ2n) is 4.16. The lowest BCUT2D eigenvalue weighted by Crippen LogP contribution is -2.29. The highest BCUT2D eigenvalue weighted by Gasteiger charge is 2.39. The minimum Gasteiger partial charge on any atom is -0.387 e. The van der Waals surface area contributed by atoms with Gasteiger partial charge in [-0.2, -0.15) is 0 Å². The Kier molecular flexibility index (Phi) is 2.66. The molecule has 7 nitrogen and oxygen atoms in total. The van der Waals surface area contributed by atoms with Crippen molar-refractivity contribution in [2.24, 2.45) is 0 Å². The minimum atomic E-state index is -1.37. The zero-order valence-corrected chi connectivity index (χ0v) is 10.2. The molecular formula is C10H9ClFN5O2. The van der Waals surface area contributed by atoms with E-state index in [1.165, 1.54) is 10.9 Å². The van der Waals surface area contributed by atoms with E-state index in [4.69, 9.17) is 17.3 Å². The summed E-state index contributed by atoms with van der Waals surface area (Å²) in [7, 11) is 0. The van der Waals surface area contributed by atoms with Crippen LogP contribution in [0.1, 0.15) is 6.04 Å². The van der Waals surface area contributed by atoms with Crippen molar-refractivity contribution < 1.29 is 14.6 Å². The molecule has 3 rings (SSSR count). The molecule has 19 heavy (non-hydrogen) atoms. The number of hydrogen-bond donors (Lipinski definition) is 3. The van der Waals surface area contributed by atoms with Crippen LogP contribution in [0, 0.1) is 0 Å². The summed E-state index contributed by atoms with van der Waals surface area (Å²) >= 11 is 5.94. The molecule has 0 fully saturated rings. The number of aliphatic hydroxyl groups is 2. The fourth-order valence-electron chi connectivity index (χ4n) is 2.13. The normalized spacial score (nSPS) is 26.9. The third kappa shape index (κ3) is 1.68. The average Bonchev–Trinajstić information content (AvgIpc) is 2.79. The number of anilines is 1. The molecule has 1 aliphatic carbocycles. The van der Waals surface area contributed by atoms with Crippen molar-refractivity contribution in [1.82, 2.24) is 19.5 Å². The van der Waals surface area contributed by atoms with E-state index in [1.807, 2.05) is 0 Å². The second-order valence-corrected chi connectivity index (χ2v) is 4.50. The summed E-state index contributed by atoms with van der Waals surface area (Å²) in [4.78, 5) is 11.6. The maximum atomic E-state index is 13.8. The fraction of sp³-hybridized carbons (Fsp3) is 0.300. The van der Waals surface area contributed by atoms with E-state index in [1.54, 1.807) is 0 Å². The number of aromatic nitrogens is 4. The molecule has 3 unspecified atom stereocenters. The lowest BCUT2D eigenvalue weighted by molar-refractivity contribution is 0.0338. The maximum Gasteiger partial charge on any atom is 0.205 e. The van der Waals surface area contributed by atoms with E-state index in [0.29, 0.717) is 0 Å². The highest BCUT2D eigenvalue weighted by Crippen LogP contribution is 2.37. The number of halogens is 2. The van der Waals surface area contributed by atoms with Gasteiger partial charge in [-0.1, -0.05) is 0 Å². The van der Waals surface area contributed by atoms with Gasteiger partial charge in [0.15, 0.2) is 17.0 Å². The molecule has 0 bridgehead atoms. The fourth-order valence-corrected chi connectivity index (χ4v) is 2.40. The number of imidazole rings is 1. The number of nitrogens with zero attached hydrogens (tertiary/aromatic N) is 4. The smallest absolute Gasteiger partial charge is 0.205 e. The topological polar surface area (TPSA) is 110 Å². The van der Waals surface area contributed by atoms with Gasteiger partial charge in [0.05, 0.1) is 0 Å². The standard InChI is InChI=1S/C10H9ClFN5O2/c11-10-16-5-8(13)14-2-15-9(5)17(10)6-3(12)1-4(18)7(6)19/h1-2,4,6-7,18-19H,(H2,13,14,15). The van der Waals surface area contributed by atoms with Crippen molar-refractivity contribution >= 4 is 28.6 Å². The van der Waals surface area contributed by atoms with Crippen LogP contribution in [0.25, 0.3) is 11.2 Å². The van der Waals surface area contributed by atoms with Gasteiger partial charge in [-0.05, 0) is 17.7 Å². The Bertz CT molecular complexity index is 688. The molecule has 0 aliphatic heterocycles. The molecule has 0 amide bonds. The summed E-state index contributed by atoms with van der Waals surface area (Å²) in [5, 5.41) is 19.2. The molecule has 2 heterocycles. The van der Waals surface area contributed by atoms with Gasteiger partial charge in [-0.3, -0.25) is 4.57 Å². The Morgan fingerprint density at radius 1 is 1.37 bits per heavy atom. The molecule has 4 N–H and O–H groups in total. The first-order valence-electron chi connectivity index (χ1n) is 5.38. The van der Waals surface area contributed by atoms with Gasteiger partial charge in [0.1, 0.15) is 30.4 Å². The van der Waals surface area contributed by atoms with E-state index in [0.717, 1.165) is 6.08 Å². The largest absolute Gasteiger partial charge is 0.387 e. The number of aliphatic hydroxyl groups excluding tert-OH is 2. The van der Waals surface area contributed by atoms with Gasteiger partial charge in [-0.25, -0.2) is 19.3 Å². The second kappa shape index (κ2) is 4.12. The average molecular weight is 286 g/mol. The minimum absolute atomic E-state index is 0.0936. The van der Waals surface area contributed by atoms with E-state index in [2.05, 4.69) is 15.0 Å². The Balaban J connectivity index is 2.24. The van der Waals surface area contributed by atoms with Gasteiger partial charge in [0, 0.05) is 0 Å². The molecule has 2 aromatic rings. The molecule has 0 radical (unpaired) electrons. The Hall–Kier alpha value is -1.77. The Labute approximate surface area is 111 Å². The number of fused-ring (bicyclic) bond motifs is 1. The van der Waals surface area contributed by atoms with Crippen LogP contribution in [0.15, 0.2) is 18.2 Å². The van der Waals surface area contributed by atoms with Crippen molar-refractivity contribution in [2.75, 3.05) is 5.73 Å². The zero-order chi connectivity index (χ0) is 13.7. The van der Waals surface area contributed by atoms with Crippen molar-refractivity contribution in [3.8, 4) is 0 Å². The quantitative estimate of drug-likeness (QED) is 0.645. The molecule has 3 atom stereocenters. The summed E-state index contributed by atoms with van der Waals surface area (Å²) < 4.78 is 15.0. The molecule has 0 saturated carbocycles. The Morgan fingerprint density at radius 3 is 2.74 bits per heavy atom. The lowest BCUT2D eigenvalue weighted by atomic mass is 10.2. The van der Waals surface area contributed by atoms with Crippen molar-refractivity contribution in [3.05, 3.63) is 23.5 Å². The Morgan fingerprint density at radius 2 is 2.11 bits per heavy atom. The van der Waals surface area contributed by atoms with Gasteiger partial charge < -0.3 is 15.9 Å². The number of nitrogen functional groups attached to an aromatic ring is 1. The van der Waals surface area contributed by atoms with E-state index >= 15 is 0 Å². The van der Waals surface area contributed by atoms with Crippen molar-refractivity contribution in [2.45, 2.75) is 18.2 Å². The molecular weight excluding hydrogens is 277 g/mol. The summed E-state index contributed by atoms with van der Waals surface area (Å²) in [6.07, 6.45) is -0.572. The van der Waals surface area contributed by atoms with Crippen LogP contribution in [0.3, 0.4) is 0 Å². The number of hydrogen-bond acceptors (Lipinski definition) is 6. The molecule has 0 spiro atoms. The summed E-state index contributed by atoms with van der Waals surface area (Å²) in [5.74, 6) is -0.610. The van der Waals surface area contributed by atoms with Crippen molar-refractivity contribution in [1.29, 1.82) is 0 Å². The monoisotopic (exact) mass is 285 g/mol. The van der Waals surface area contributed by atoms with Crippen LogP contribution in [0.2, 0.25) is 5.28 Å². The van der Waals surface area contributed by atoms with Crippen LogP contribution in [0.4, 0.5) is 10.2 Å². The predicted octanol–water partition coefficient (Wildman–Crippen LogP) is 0.192. The third-order valence-electron chi connectivity index (χ3n) is 3.03. The van der Waals surface area contributed by atoms with Crippen molar-refractivity contribution in [3.63, 3.8) is 0 Å². The van der Waals surface area contributed by atoms with Crippen LogP contribution < -0.4 is 5.73 Å². The first kappa shape index (κ1) is 12.3. The van der Waals surface area contributed by atoms with Crippen LogP contribution in [-0.4, -0.2) is 41.9 Å². The number of rotatable bonds is 1.